The molecule has 0 radical (unpaired) electrons. The summed E-state index contributed by atoms with van der Waals surface area (Å²) in [5.74, 6) is 1.34. The van der Waals surface area contributed by atoms with Gasteiger partial charge < -0.3 is 9.32 Å². The number of halogens is 2. The van der Waals surface area contributed by atoms with Crippen LogP contribution in [-0.4, -0.2) is 47.4 Å². The molecule has 0 bridgehead atoms. The second kappa shape index (κ2) is 10.3. The van der Waals surface area contributed by atoms with Crippen LogP contribution in [0.25, 0.3) is 0 Å². The number of carbonyl (C=O) groups excluding carboxylic acids is 1. The molecule has 2 aromatic carbocycles. The first kappa shape index (κ1) is 22.5. The zero-order valence-electron chi connectivity index (χ0n) is 18.1. The SMILES string of the molecule is CN(CC(=O)N1CCCC(c2ncc(Cc3cccc(Cl)c3)o2)C1)Cc1ccccc1F. The number of carbonyl (C=O) groups is 1. The van der Waals surface area contributed by atoms with Crippen molar-refractivity contribution in [1.29, 1.82) is 0 Å². The van der Waals surface area contributed by atoms with E-state index in [1.807, 2.05) is 41.1 Å². The molecule has 1 amide bonds. The summed E-state index contributed by atoms with van der Waals surface area (Å²) in [6.45, 7) is 1.94. The molecule has 1 aliphatic rings. The zero-order valence-corrected chi connectivity index (χ0v) is 18.9. The lowest BCUT2D eigenvalue weighted by atomic mass is 9.98. The molecule has 1 aromatic heterocycles. The van der Waals surface area contributed by atoms with E-state index in [1.54, 1.807) is 24.4 Å². The molecule has 168 valence electrons. The van der Waals surface area contributed by atoms with Crippen molar-refractivity contribution in [2.24, 2.45) is 0 Å². The Morgan fingerprint density at radius 1 is 1.28 bits per heavy atom. The largest absolute Gasteiger partial charge is 0.445 e. The van der Waals surface area contributed by atoms with Gasteiger partial charge in [-0.1, -0.05) is 41.9 Å². The predicted molar refractivity (Wildman–Crippen MR) is 122 cm³/mol. The minimum Gasteiger partial charge on any atom is -0.445 e. The molecular formula is C25H27ClFN3O2. The average molecular weight is 456 g/mol. The maximum absolute atomic E-state index is 13.9. The molecule has 1 atom stereocenters. The van der Waals surface area contributed by atoms with Gasteiger partial charge in [0.2, 0.25) is 5.91 Å². The number of hydrogen-bond donors (Lipinski definition) is 0. The summed E-state index contributed by atoms with van der Waals surface area (Å²) in [6, 6.07) is 14.4. The maximum atomic E-state index is 13.9. The number of rotatable bonds is 7. The Labute approximate surface area is 192 Å². The van der Waals surface area contributed by atoms with E-state index in [0.29, 0.717) is 36.0 Å². The lowest BCUT2D eigenvalue weighted by molar-refractivity contribution is -0.133. The molecule has 0 aliphatic carbocycles. The maximum Gasteiger partial charge on any atom is 0.236 e. The fourth-order valence-corrected chi connectivity index (χ4v) is 4.36. The number of piperidine rings is 1. The number of likely N-dealkylation sites (N-methyl/N-ethyl adjacent to an activating group) is 1. The van der Waals surface area contributed by atoms with Crippen molar-refractivity contribution in [3.8, 4) is 0 Å². The first-order valence-electron chi connectivity index (χ1n) is 10.9. The van der Waals surface area contributed by atoms with Gasteiger partial charge in [-0.2, -0.15) is 0 Å². The fraction of sp³-hybridized carbons (Fsp3) is 0.360. The van der Waals surface area contributed by atoms with E-state index < -0.39 is 0 Å². The van der Waals surface area contributed by atoms with E-state index in [2.05, 4.69) is 4.98 Å². The monoisotopic (exact) mass is 455 g/mol. The predicted octanol–water partition coefficient (Wildman–Crippen LogP) is 4.90. The van der Waals surface area contributed by atoms with Crippen molar-refractivity contribution in [3.63, 3.8) is 0 Å². The Balaban J connectivity index is 1.33. The third-order valence-corrected chi connectivity index (χ3v) is 6.00. The minimum absolute atomic E-state index is 0.0410. The zero-order chi connectivity index (χ0) is 22.5. The molecule has 4 rings (SSSR count). The Morgan fingerprint density at radius 3 is 2.94 bits per heavy atom. The van der Waals surface area contributed by atoms with Crippen molar-refractivity contribution in [2.45, 2.75) is 31.7 Å². The van der Waals surface area contributed by atoms with Crippen molar-refractivity contribution in [3.05, 3.63) is 88.3 Å². The number of benzene rings is 2. The van der Waals surface area contributed by atoms with Gasteiger partial charge in [-0.05, 0) is 43.7 Å². The van der Waals surface area contributed by atoms with Gasteiger partial charge in [-0.15, -0.1) is 0 Å². The molecule has 1 fully saturated rings. The summed E-state index contributed by atoms with van der Waals surface area (Å²) < 4.78 is 19.9. The smallest absolute Gasteiger partial charge is 0.236 e. The van der Waals surface area contributed by atoms with Gasteiger partial charge in [0.1, 0.15) is 11.6 Å². The Hall–Kier alpha value is -2.70. The lowest BCUT2D eigenvalue weighted by Gasteiger charge is -2.32. The molecule has 1 saturated heterocycles. The third-order valence-electron chi connectivity index (χ3n) is 5.77. The van der Waals surface area contributed by atoms with E-state index in [1.165, 1.54) is 6.07 Å². The van der Waals surface area contributed by atoms with Gasteiger partial charge in [-0.25, -0.2) is 9.37 Å². The summed E-state index contributed by atoms with van der Waals surface area (Å²) in [5.41, 5.74) is 1.66. The molecule has 1 unspecified atom stereocenters. The van der Waals surface area contributed by atoms with Crippen LogP contribution in [0.3, 0.4) is 0 Å². The first-order chi connectivity index (χ1) is 15.5. The number of oxazole rings is 1. The molecule has 0 N–H and O–H groups in total. The minimum atomic E-state index is -0.248. The summed E-state index contributed by atoms with van der Waals surface area (Å²) >= 11 is 6.07. The van der Waals surface area contributed by atoms with E-state index in [4.69, 9.17) is 16.0 Å². The summed E-state index contributed by atoms with van der Waals surface area (Å²) in [5, 5.41) is 0.698. The molecule has 0 saturated carbocycles. The van der Waals surface area contributed by atoms with E-state index in [9.17, 15) is 9.18 Å². The second-order valence-electron chi connectivity index (χ2n) is 8.41. The van der Waals surface area contributed by atoms with Gasteiger partial charge in [0, 0.05) is 36.6 Å². The number of aromatic nitrogens is 1. The summed E-state index contributed by atoms with van der Waals surface area (Å²) in [7, 11) is 1.84. The highest BCUT2D eigenvalue weighted by molar-refractivity contribution is 6.30. The van der Waals surface area contributed by atoms with Crippen LogP contribution in [0, 0.1) is 5.82 Å². The van der Waals surface area contributed by atoms with Crippen LogP contribution in [0.15, 0.2) is 59.1 Å². The standard InChI is InChI=1S/C25H27ClFN3O2/c1-29(15-19-7-2-3-10-23(19)27)17-24(31)30-11-5-8-20(16-30)25-28-14-22(32-25)13-18-6-4-9-21(26)12-18/h2-4,6-7,9-10,12,14,20H,5,8,11,13,15-17H2,1H3. The molecular weight excluding hydrogens is 429 g/mol. The molecule has 5 nitrogen and oxygen atoms in total. The molecule has 32 heavy (non-hydrogen) atoms. The van der Waals surface area contributed by atoms with Crippen LogP contribution in [-0.2, 0) is 17.8 Å². The Morgan fingerprint density at radius 2 is 2.12 bits per heavy atom. The topological polar surface area (TPSA) is 49.6 Å². The van der Waals surface area contributed by atoms with Crippen LogP contribution in [0.5, 0.6) is 0 Å². The Bertz CT molecular complexity index is 1070. The van der Waals surface area contributed by atoms with Gasteiger partial charge >= 0.3 is 0 Å². The quantitative estimate of drug-likeness (QED) is 0.508. The van der Waals surface area contributed by atoms with Crippen molar-refractivity contribution in [1.82, 2.24) is 14.8 Å². The van der Waals surface area contributed by atoms with Gasteiger partial charge in [-0.3, -0.25) is 9.69 Å². The molecule has 1 aliphatic heterocycles. The van der Waals surface area contributed by atoms with Crippen molar-refractivity contribution in [2.75, 3.05) is 26.7 Å². The molecule has 2 heterocycles. The van der Waals surface area contributed by atoms with E-state index in [0.717, 1.165) is 30.7 Å². The highest BCUT2D eigenvalue weighted by Gasteiger charge is 2.28. The first-order valence-corrected chi connectivity index (χ1v) is 11.2. The van der Waals surface area contributed by atoms with Gasteiger partial charge in [0.25, 0.3) is 0 Å². The number of likely N-dealkylation sites (tertiary alicyclic amines) is 1. The van der Waals surface area contributed by atoms with Crippen molar-refractivity contribution < 1.29 is 13.6 Å². The molecule has 0 spiro atoms. The van der Waals surface area contributed by atoms with Crippen LogP contribution >= 0.6 is 11.6 Å². The highest BCUT2D eigenvalue weighted by atomic mass is 35.5. The number of amides is 1. The Kier molecular flexibility index (Phi) is 7.22. The van der Waals surface area contributed by atoms with Crippen LogP contribution in [0.4, 0.5) is 4.39 Å². The fourth-order valence-electron chi connectivity index (χ4n) is 4.15. The third kappa shape index (κ3) is 5.75. The number of hydrogen-bond acceptors (Lipinski definition) is 4. The average Bonchev–Trinajstić information content (AvgIpc) is 3.24. The number of nitrogens with zero attached hydrogens (tertiary/aromatic N) is 3. The second-order valence-corrected chi connectivity index (χ2v) is 8.85. The van der Waals surface area contributed by atoms with Gasteiger partial charge in [0.05, 0.1) is 18.7 Å². The van der Waals surface area contributed by atoms with E-state index in [-0.39, 0.29) is 24.2 Å². The molecule has 7 heteroatoms. The van der Waals surface area contributed by atoms with Gasteiger partial charge in [0.15, 0.2) is 5.89 Å². The summed E-state index contributed by atoms with van der Waals surface area (Å²) in [6.07, 6.45) is 4.23. The van der Waals surface area contributed by atoms with Crippen LogP contribution < -0.4 is 0 Å². The normalized spacial score (nSPS) is 16.5. The lowest BCUT2D eigenvalue weighted by Crippen LogP contribution is -2.43. The van der Waals surface area contributed by atoms with Crippen molar-refractivity contribution >= 4 is 17.5 Å². The van der Waals surface area contributed by atoms with Crippen LogP contribution in [0.2, 0.25) is 5.02 Å². The van der Waals surface area contributed by atoms with E-state index >= 15 is 0 Å². The van der Waals surface area contributed by atoms with Crippen LogP contribution in [0.1, 0.15) is 41.5 Å². The highest BCUT2D eigenvalue weighted by Crippen LogP contribution is 2.27. The molecule has 3 aromatic rings. The summed E-state index contributed by atoms with van der Waals surface area (Å²) in [4.78, 5) is 21.1.